The number of aliphatic imine (C=N–C) groups is 1. The number of carbonyl (C=O) groups is 1. The normalized spacial score (nSPS) is 14.7. The SMILES string of the molecule is Cc1sc2c(c1C)C(c1ccc(CC#CCN)cc1)=N[C@H](CC(=O)O)c1nnc(C)n1-2. The number of aliphatic carboxylic acids is 1. The van der Waals surface area contributed by atoms with Crippen molar-refractivity contribution in [2.75, 3.05) is 6.54 Å². The summed E-state index contributed by atoms with van der Waals surface area (Å²) < 4.78 is 1.96. The van der Waals surface area contributed by atoms with Crippen molar-refractivity contribution in [2.24, 2.45) is 10.7 Å². The molecule has 0 saturated carbocycles. The fourth-order valence-corrected chi connectivity index (χ4v) is 4.92. The lowest BCUT2D eigenvalue weighted by Gasteiger charge is -2.11. The Morgan fingerprint density at radius 3 is 2.61 bits per heavy atom. The van der Waals surface area contributed by atoms with Crippen molar-refractivity contribution < 1.29 is 9.90 Å². The third-order valence-electron chi connectivity index (χ3n) is 5.35. The Kier molecular flexibility index (Phi) is 5.72. The molecule has 1 aliphatic heterocycles. The molecule has 0 aliphatic carbocycles. The van der Waals surface area contributed by atoms with E-state index in [0.717, 1.165) is 38.8 Å². The molecule has 3 N–H and O–H groups in total. The predicted octanol–water partition coefficient (Wildman–Crippen LogP) is 3.13. The van der Waals surface area contributed by atoms with E-state index in [1.165, 1.54) is 4.88 Å². The number of benzene rings is 1. The number of carboxylic acids is 1. The van der Waals surface area contributed by atoms with Crippen LogP contribution in [0.3, 0.4) is 0 Å². The Morgan fingerprint density at radius 2 is 1.94 bits per heavy atom. The summed E-state index contributed by atoms with van der Waals surface area (Å²) in [7, 11) is 0. The summed E-state index contributed by atoms with van der Waals surface area (Å²) in [6.07, 6.45) is 0.481. The molecule has 0 spiro atoms. The molecule has 7 nitrogen and oxygen atoms in total. The van der Waals surface area contributed by atoms with E-state index in [2.05, 4.69) is 35.9 Å². The molecular formula is C23H23N5O2S. The number of carboxylic acid groups (broad SMARTS) is 1. The lowest BCUT2D eigenvalue weighted by Crippen LogP contribution is -2.10. The second-order valence-electron chi connectivity index (χ2n) is 7.43. The second-order valence-corrected chi connectivity index (χ2v) is 8.63. The first-order valence-electron chi connectivity index (χ1n) is 9.98. The van der Waals surface area contributed by atoms with E-state index >= 15 is 0 Å². The number of hydrogen-bond acceptors (Lipinski definition) is 6. The van der Waals surface area contributed by atoms with Gasteiger partial charge in [0.1, 0.15) is 16.9 Å². The van der Waals surface area contributed by atoms with Gasteiger partial charge in [0.2, 0.25) is 0 Å². The van der Waals surface area contributed by atoms with Gasteiger partial charge in [0, 0.05) is 22.4 Å². The molecule has 0 amide bonds. The largest absolute Gasteiger partial charge is 0.481 e. The summed E-state index contributed by atoms with van der Waals surface area (Å²) in [4.78, 5) is 17.7. The van der Waals surface area contributed by atoms with Gasteiger partial charge < -0.3 is 10.8 Å². The van der Waals surface area contributed by atoms with Gasteiger partial charge in [-0.3, -0.25) is 14.4 Å². The molecular weight excluding hydrogens is 410 g/mol. The maximum absolute atomic E-state index is 11.6. The minimum atomic E-state index is -0.924. The van der Waals surface area contributed by atoms with Gasteiger partial charge in [-0.05, 0) is 31.9 Å². The van der Waals surface area contributed by atoms with Crippen molar-refractivity contribution in [3.8, 4) is 16.8 Å². The van der Waals surface area contributed by atoms with Crippen LogP contribution in [0.15, 0.2) is 29.3 Å². The average molecular weight is 434 g/mol. The predicted molar refractivity (Wildman–Crippen MR) is 121 cm³/mol. The summed E-state index contributed by atoms with van der Waals surface area (Å²) >= 11 is 1.65. The van der Waals surface area contributed by atoms with E-state index < -0.39 is 12.0 Å². The van der Waals surface area contributed by atoms with Gasteiger partial charge in [-0.2, -0.15) is 0 Å². The van der Waals surface area contributed by atoms with E-state index in [9.17, 15) is 9.90 Å². The molecule has 1 atom stereocenters. The molecule has 3 heterocycles. The summed E-state index contributed by atoms with van der Waals surface area (Å²) in [5, 5.41) is 19.0. The number of nitrogens with zero attached hydrogens (tertiary/aromatic N) is 4. The van der Waals surface area contributed by atoms with E-state index in [-0.39, 0.29) is 6.42 Å². The molecule has 2 aromatic heterocycles. The van der Waals surface area contributed by atoms with Crippen molar-refractivity contribution >= 4 is 23.0 Å². The molecule has 0 radical (unpaired) electrons. The molecule has 0 fully saturated rings. The van der Waals surface area contributed by atoms with Crippen molar-refractivity contribution in [2.45, 2.75) is 39.7 Å². The lowest BCUT2D eigenvalue weighted by atomic mass is 9.98. The van der Waals surface area contributed by atoms with Crippen molar-refractivity contribution in [1.82, 2.24) is 14.8 Å². The Hall–Kier alpha value is -3.28. The molecule has 31 heavy (non-hydrogen) atoms. The second kappa shape index (κ2) is 8.46. The number of aromatic nitrogens is 3. The van der Waals surface area contributed by atoms with Crippen LogP contribution in [-0.4, -0.2) is 38.1 Å². The molecule has 0 saturated heterocycles. The fraction of sp³-hybridized carbons (Fsp3) is 0.304. The van der Waals surface area contributed by atoms with Crippen LogP contribution in [0.25, 0.3) is 5.00 Å². The van der Waals surface area contributed by atoms with E-state index in [4.69, 9.17) is 10.7 Å². The summed E-state index contributed by atoms with van der Waals surface area (Å²) in [6.45, 7) is 6.39. The van der Waals surface area contributed by atoms with E-state index in [1.807, 2.05) is 35.8 Å². The highest BCUT2D eigenvalue weighted by atomic mass is 32.1. The quantitative estimate of drug-likeness (QED) is 0.615. The Bertz CT molecular complexity index is 1240. The molecule has 158 valence electrons. The number of hydrogen-bond donors (Lipinski definition) is 2. The minimum absolute atomic E-state index is 0.151. The van der Waals surface area contributed by atoms with Crippen molar-refractivity contribution in [3.05, 3.63) is 63.0 Å². The highest BCUT2D eigenvalue weighted by Crippen LogP contribution is 2.39. The molecule has 4 rings (SSSR count). The van der Waals surface area contributed by atoms with Crippen LogP contribution in [0.5, 0.6) is 0 Å². The van der Waals surface area contributed by atoms with Crippen LogP contribution < -0.4 is 5.73 Å². The van der Waals surface area contributed by atoms with Crippen molar-refractivity contribution in [3.63, 3.8) is 0 Å². The van der Waals surface area contributed by atoms with Gasteiger partial charge in [-0.15, -0.1) is 21.5 Å². The maximum atomic E-state index is 11.6. The van der Waals surface area contributed by atoms with Crippen LogP contribution >= 0.6 is 11.3 Å². The molecule has 0 unspecified atom stereocenters. The zero-order chi connectivity index (χ0) is 22.1. The molecule has 1 aliphatic rings. The maximum Gasteiger partial charge on any atom is 0.306 e. The Morgan fingerprint density at radius 1 is 1.19 bits per heavy atom. The van der Waals surface area contributed by atoms with Crippen LogP contribution in [0.2, 0.25) is 0 Å². The average Bonchev–Trinajstić information content (AvgIpc) is 3.21. The number of fused-ring (bicyclic) bond motifs is 3. The van der Waals surface area contributed by atoms with Gasteiger partial charge in [0.25, 0.3) is 0 Å². The van der Waals surface area contributed by atoms with Crippen molar-refractivity contribution in [1.29, 1.82) is 0 Å². The number of rotatable bonds is 4. The van der Waals surface area contributed by atoms with Crippen LogP contribution in [0.1, 0.15) is 51.2 Å². The van der Waals surface area contributed by atoms with E-state index in [1.54, 1.807) is 11.3 Å². The smallest absolute Gasteiger partial charge is 0.306 e. The molecule has 8 heteroatoms. The molecule has 0 bridgehead atoms. The number of aryl methyl sites for hydroxylation is 2. The van der Waals surface area contributed by atoms with Gasteiger partial charge in [-0.25, -0.2) is 0 Å². The Labute approximate surface area is 184 Å². The van der Waals surface area contributed by atoms with Crippen LogP contribution in [0.4, 0.5) is 0 Å². The highest BCUT2D eigenvalue weighted by Gasteiger charge is 2.32. The third kappa shape index (κ3) is 3.90. The number of thiophene rings is 1. The highest BCUT2D eigenvalue weighted by molar-refractivity contribution is 7.15. The van der Waals surface area contributed by atoms with E-state index in [0.29, 0.717) is 18.8 Å². The van der Waals surface area contributed by atoms with Crippen LogP contribution in [0, 0.1) is 32.6 Å². The first-order valence-corrected chi connectivity index (χ1v) is 10.8. The zero-order valence-electron chi connectivity index (χ0n) is 17.6. The van der Waals surface area contributed by atoms with Gasteiger partial charge in [0.15, 0.2) is 5.82 Å². The van der Waals surface area contributed by atoms with Gasteiger partial charge in [0.05, 0.1) is 18.7 Å². The zero-order valence-corrected chi connectivity index (χ0v) is 18.5. The fourth-order valence-electron chi connectivity index (χ4n) is 3.71. The van der Waals surface area contributed by atoms with Gasteiger partial charge in [-0.1, -0.05) is 36.1 Å². The van der Waals surface area contributed by atoms with Crippen LogP contribution in [-0.2, 0) is 11.2 Å². The first kappa shape index (κ1) is 21.0. The molecule has 3 aromatic rings. The lowest BCUT2D eigenvalue weighted by molar-refractivity contribution is -0.137. The molecule has 1 aromatic carbocycles. The Balaban J connectivity index is 1.88. The minimum Gasteiger partial charge on any atom is -0.481 e. The third-order valence-corrected chi connectivity index (χ3v) is 6.55. The van der Waals surface area contributed by atoms with Gasteiger partial charge >= 0.3 is 5.97 Å². The number of nitrogens with two attached hydrogens (primary N) is 1. The standard InChI is InChI=1S/C23H23N5O2S/c1-13-14(2)31-23-20(13)21(17-9-7-16(8-10-17)6-4-5-11-24)25-18(12-19(29)30)22-27-26-15(3)28(22)23/h7-10,18H,6,11-12,24H2,1-3H3,(H,29,30)/t18-/m1/s1. The topological polar surface area (TPSA) is 106 Å². The summed E-state index contributed by atoms with van der Waals surface area (Å²) in [5.74, 6) is 6.28. The summed E-state index contributed by atoms with van der Waals surface area (Å²) in [6, 6.07) is 7.47. The first-order chi connectivity index (χ1) is 14.9. The monoisotopic (exact) mass is 433 g/mol. The summed E-state index contributed by atoms with van der Waals surface area (Å²) in [5.41, 5.74) is 10.4.